The van der Waals surface area contributed by atoms with Crippen LogP contribution < -0.4 is 4.74 Å². The maximum absolute atomic E-state index is 12.2. The Kier molecular flexibility index (Phi) is 4.53. The molecule has 1 N–H and O–H groups in total. The van der Waals surface area contributed by atoms with Crippen molar-refractivity contribution in [2.75, 3.05) is 13.2 Å². The second kappa shape index (κ2) is 6.20. The summed E-state index contributed by atoms with van der Waals surface area (Å²) in [6.07, 6.45) is -3.62. The summed E-state index contributed by atoms with van der Waals surface area (Å²) < 4.78 is 40.8. The first-order valence-electron chi connectivity index (χ1n) is 6.48. The molecule has 1 aliphatic heterocycles. The Bertz CT molecular complexity index is 577. The average Bonchev–Trinajstić information content (AvgIpc) is 2.93. The normalized spacial score (nSPS) is 18.3. The lowest BCUT2D eigenvalue weighted by molar-refractivity contribution is -0.154. The number of carbonyl (C=O) groups excluding carboxylic acids is 1. The van der Waals surface area contributed by atoms with Crippen molar-refractivity contribution in [3.63, 3.8) is 0 Å². The number of carboxylic acids is 1. The molecule has 0 spiro atoms. The smallest absolute Gasteiger partial charge is 0.422 e. The Balaban J connectivity index is 2.12. The number of pyridine rings is 1. The van der Waals surface area contributed by atoms with Gasteiger partial charge in [0.15, 0.2) is 6.61 Å². The fourth-order valence-electron chi connectivity index (χ4n) is 2.18. The van der Waals surface area contributed by atoms with E-state index in [1.54, 1.807) is 0 Å². The SMILES string of the molecule is O=C(O)C1CCCN1C(=O)c1cccc(OCC(F)(F)F)n1. The van der Waals surface area contributed by atoms with Gasteiger partial charge < -0.3 is 14.7 Å². The molecule has 9 heteroatoms. The van der Waals surface area contributed by atoms with Gasteiger partial charge in [-0.3, -0.25) is 4.79 Å². The van der Waals surface area contributed by atoms with Crippen molar-refractivity contribution in [1.29, 1.82) is 0 Å². The summed E-state index contributed by atoms with van der Waals surface area (Å²) in [5.41, 5.74) is -0.146. The molecule has 1 aromatic rings. The van der Waals surface area contributed by atoms with Gasteiger partial charge in [0.05, 0.1) is 0 Å². The van der Waals surface area contributed by atoms with Crippen molar-refractivity contribution < 1.29 is 32.6 Å². The summed E-state index contributed by atoms with van der Waals surface area (Å²) in [6, 6.07) is 2.90. The van der Waals surface area contributed by atoms with Crippen molar-refractivity contribution in [2.24, 2.45) is 0 Å². The zero-order valence-corrected chi connectivity index (χ0v) is 11.3. The highest BCUT2D eigenvalue weighted by Crippen LogP contribution is 2.21. The topological polar surface area (TPSA) is 79.7 Å². The van der Waals surface area contributed by atoms with E-state index in [4.69, 9.17) is 5.11 Å². The molecule has 1 fully saturated rings. The number of nitrogens with zero attached hydrogens (tertiary/aromatic N) is 2. The van der Waals surface area contributed by atoms with Crippen LogP contribution in [-0.4, -0.2) is 52.2 Å². The van der Waals surface area contributed by atoms with Crippen molar-refractivity contribution in [1.82, 2.24) is 9.88 Å². The lowest BCUT2D eigenvalue weighted by Crippen LogP contribution is -2.40. The van der Waals surface area contributed by atoms with Crippen LogP contribution in [0.25, 0.3) is 0 Å². The summed E-state index contributed by atoms with van der Waals surface area (Å²) in [6.45, 7) is -1.25. The highest BCUT2D eigenvalue weighted by molar-refractivity contribution is 5.95. The molecule has 1 aliphatic rings. The summed E-state index contributed by atoms with van der Waals surface area (Å²) in [5, 5.41) is 9.04. The number of carboxylic acid groups (broad SMARTS) is 1. The molecule has 0 bridgehead atoms. The van der Waals surface area contributed by atoms with Gasteiger partial charge in [-0.05, 0) is 18.9 Å². The largest absolute Gasteiger partial charge is 0.480 e. The van der Waals surface area contributed by atoms with Gasteiger partial charge in [0, 0.05) is 12.6 Å². The first-order chi connectivity index (χ1) is 10.3. The molecular weight excluding hydrogens is 305 g/mol. The molecule has 0 radical (unpaired) electrons. The Labute approximate surface area is 123 Å². The van der Waals surface area contributed by atoms with E-state index in [9.17, 15) is 22.8 Å². The van der Waals surface area contributed by atoms with Crippen LogP contribution in [0.15, 0.2) is 18.2 Å². The number of aromatic nitrogens is 1. The molecule has 1 unspecified atom stereocenters. The first-order valence-corrected chi connectivity index (χ1v) is 6.48. The molecule has 0 saturated carbocycles. The van der Waals surface area contributed by atoms with Crippen LogP contribution in [0.5, 0.6) is 5.88 Å². The van der Waals surface area contributed by atoms with Gasteiger partial charge in [-0.15, -0.1) is 0 Å². The van der Waals surface area contributed by atoms with Crippen molar-refractivity contribution >= 4 is 11.9 Å². The molecule has 22 heavy (non-hydrogen) atoms. The van der Waals surface area contributed by atoms with E-state index in [1.807, 2.05) is 0 Å². The maximum atomic E-state index is 12.2. The molecule has 2 heterocycles. The van der Waals surface area contributed by atoms with Gasteiger partial charge in [0.2, 0.25) is 5.88 Å². The Hall–Kier alpha value is -2.32. The Morgan fingerprint density at radius 1 is 1.41 bits per heavy atom. The van der Waals surface area contributed by atoms with E-state index in [-0.39, 0.29) is 18.1 Å². The minimum Gasteiger partial charge on any atom is -0.480 e. The number of likely N-dealkylation sites (tertiary alicyclic amines) is 1. The molecule has 6 nitrogen and oxygen atoms in total. The standard InChI is InChI=1S/C13H13F3N2O4/c14-13(15,16)7-22-10-5-1-3-8(17-10)11(19)18-6-2-4-9(18)12(20)21/h1,3,5,9H,2,4,6-7H2,(H,20,21). The third-order valence-corrected chi connectivity index (χ3v) is 3.13. The maximum Gasteiger partial charge on any atom is 0.422 e. The van der Waals surface area contributed by atoms with Crippen LogP contribution >= 0.6 is 0 Å². The number of halogens is 3. The van der Waals surface area contributed by atoms with Crippen molar-refractivity contribution in [3.8, 4) is 5.88 Å². The number of aliphatic carboxylic acids is 1. The highest BCUT2D eigenvalue weighted by atomic mass is 19.4. The zero-order valence-electron chi connectivity index (χ0n) is 11.3. The second-order valence-electron chi connectivity index (χ2n) is 4.76. The van der Waals surface area contributed by atoms with Crippen LogP contribution in [0, 0.1) is 0 Å². The highest BCUT2D eigenvalue weighted by Gasteiger charge is 2.35. The minimum absolute atomic E-state index is 0.146. The zero-order chi connectivity index (χ0) is 16.3. The molecule has 1 atom stereocenters. The Morgan fingerprint density at radius 3 is 2.77 bits per heavy atom. The van der Waals surface area contributed by atoms with E-state index in [0.717, 1.165) is 4.90 Å². The molecule has 0 aromatic carbocycles. The number of hydrogen-bond donors (Lipinski definition) is 1. The molecule has 0 aliphatic carbocycles. The molecule has 1 amide bonds. The second-order valence-corrected chi connectivity index (χ2v) is 4.76. The summed E-state index contributed by atoms with van der Waals surface area (Å²) in [7, 11) is 0. The number of carbonyl (C=O) groups is 2. The van der Waals surface area contributed by atoms with Gasteiger partial charge >= 0.3 is 12.1 Å². The van der Waals surface area contributed by atoms with Crippen LogP contribution in [0.4, 0.5) is 13.2 Å². The predicted molar refractivity (Wildman–Crippen MR) is 67.5 cm³/mol. The fourth-order valence-corrected chi connectivity index (χ4v) is 2.18. The third-order valence-electron chi connectivity index (χ3n) is 3.13. The lowest BCUT2D eigenvalue weighted by Gasteiger charge is -2.21. The number of alkyl halides is 3. The number of rotatable bonds is 4. The first kappa shape index (κ1) is 16.1. The third kappa shape index (κ3) is 3.86. The quantitative estimate of drug-likeness (QED) is 0.914. The van der Waals surface area contributed by atoms with Gasteiger partial charge in [0.25, 0.3) is 5.91 Å². The van der Waals surface area contributed by atoms with Crippen molar-refractivity contribution in [2.45, 2.75) is 25.1 Å². The minimum atomic E-state index is -4.51. The summed E-state index contributed by atoms with van der Waals surface area (Å²) >= 11 is 0. The molecule has 1 saturated heterocycles. The monoisotopic (exact) mass is 318 g/mol. The number of amides is 1. The van der Waals surface area contributed by atoms with E-state index >= 15 is 0 Å². The van der Waals surface area contributed by atoms with E-state index in [0.29, 0.717) is 12.8 Å². The number of ether oxygens (including phenoxy) is 1. The van der Waals surface area contributed by atoms with E-state index in [1.165, 1.54) is 18.2 Å². The molecule has 120 valence electrons. The van der Waals surface area contributed by atoms with Crippen LogP contribution in [0.1, 0.15) is 23.3 Å². The Morgan fingerprint density at radius 2 is 2.14 bits per heavy atom. The van der Waals surface area contributed by atoms with E-state index < -0.39 is 30.7 Å². The van der Waals surface area contributed by atoms with Crippen LogP contribution in [0.2, 0.25) is 0 Å². The van der Waals surface area contributed by atoms with E-state index in [2.05, 4.69) is 9.72 Å². The van der Waals surface area contributed by atoms with Crippen LogP contribution in [0.3, 0.4) is 0 Å². The molecule has 2 rings (SSSR count). The van der Waals surface area contributed by atoms with Gasteiger partial charge in [-0.2, -0.15) is 13.2 Å². The molecule has 1 aromatic heterocycles. The summed E-state index contributed by atoms with van der Waals surface area (Å²) in [5.74, 6) is -2.09. The van der Waals surface area contributed by atoms with Crippen molar-refractivity contribution in [3.05, 3.63) is 23.9 Å². The molecular formula is C13H13F3N2O4. The van der Waals surface area contributed by atoms with Gasteiger partial charge in [-0.25, -0.2) is 9.78 Å². The summed E-state index contributed by atoms with van der Waals surface area (Å²) in [4.78, 5) is 28.2. The average molecular weight is 318 g/mol. The predicted octanol–water partition coefficient (Wildman–Crippen LogP) is 1.71. The number of hydrogen-bond acceptors (Lipinski definition) is 4. The fraction of sp³-hybridized carbons (Fsp3) is 0.462. The van der Waals surface area contributed by atoms with Crippen LogP contribution in [-0.2, 0) is 4.79 Å². The lowest BCUT2D eigenvalue weighted by atomic mass is 10.2. The van der Waals surface area contributed by atoms with Gasteiger partial charge in [0.1, 0.15) is 11.7 Å². The van der Waals surface area contributed by atoms with Gasteiger partial charge in [-0.1, -0.05) is 6.07 Å².